The largest absolute Gasteiger partial charge is 0.497 e. The van der Waals surface area contributed by atoms with E-state index in [9.17, 15) is 18.0 Å². The number of ether oxygens (including phenoxy) is 1. The van der Waals surface area contributed by atoms with Crippen LogP contribution in [0.5, 0.6) is 5.75 Å². The van der Waals surface area contributed by atoms with Crippen LogP contribution < -0.4 is 14.4 Å². The van der Waals surface area contributed by atoms with Gasteiger partial charge in [0.2, 0.25) is 11.8 Å². The van der Waals surface area contributed by atoms with E-state index in [-0.39, 0.29) is 29.5 Å². The SMILES string of the molecule is CC[C@@H](C(=O)NC(C)(C)C)N(Cc1ccc(Cl)cc1Cl)C(=O)CN(c1ccc(OC)cc1)S(=O)(=O)c1ccccc1. The third-order valence-corrected chi connectivity index (χ3v) is 8.59. The van der Waals surface area contributed by atoms with Gasteiger partial charge in [-0.05, 0) is 81.3 Å². The average Bonchev–Trinajstić information content (AvgIpc) is 2.92. The molecule has 3 aromatic carbocycles. The van der Waals surface area contributed by atoms with Crippen LogP contribution in [0.2, 0.25) is 10.0 Å². The first-order chi connectivity index (χ1) is 19.3. The lowest BCUT2D eigenvalue weighted by atomic mass is 10.1. The molecule has 8 nitrogen and oxygen atoms in total. The fourth-order valence-electron chi connectivity index (χ4n) is 4.20. The van der Waals surface area contributed by atoms with E-state index in [1.807, 2.05) is 20.8 Å². The van der Waals surface area contributed by atoms with Gasteiger partial charge in [0.1, 0.15) is 18.3 Å². The summed E-state index contributed by atoms with van der Waals surface area (Å²) in [4.78, 5) is 28.9. The Kier molecular flexibility index (Phi) is 10.7. The summed E-state index contributed by atoms with van der Waals surface area (Å²) in [5, 5.41) is 3.69. The van der Waals surface area contributed by atoms with Gasteiger partial charge < -0.3 is 15.0 Å². The van der Waals surface area contributed by atoms with Crippen molar-refractivity contribution < 1.29 is 22.7 Å². The summed E-state index contributed by atoms with van der Waals surface area (Å²) >= 11 is 12.5. The summed E-state index contributed by atoms with van der Waals surface area (Å²) in [6, 6.07) is 18.2. The zero-order chi connectivity index (χ0) is 30.4. The summed E-state index contributed by atoms with van der Waals surface area (Å²) in [5.41, 5.74) is 0.274. The number of nitrogens with one attached hydrogen (secondary N) is 1. The molecule has 11 heteroatoms. The number of rotatable bonds is 11. The molecule has 0 aliphatic heterocycles. The highest BCUT2D eigenvalue weighted by atomic mass is 35.5. The fraction of sp³-hybridized carbons (Fsp3) is 0.333. The molecule has 220 valence electrons. The van der Waals surface area contributed by atoms with E-state index in [0.717, 1.165) is 4.31 Å². The molecule has 0 saturated heterocycles. The summed E-state index contributed by atoms with van der Waals surface area (Å²) < 4.78 is 34.0. The molecule has 0 heterocycles. The second-order valence-corrected chi connectivity index (χ2v) is 13.1. The molecule has 41 heavy (non-hydrogen) atoms. The van der Waals surface area contributed by atoms with Gasteiger partial charge in [-0.15, -0.1) is 0 Å². The first kappa shape index (κ1) is 32.2. The van der Waals surface area contributed by atoms with Crippen molar-refractivity contribution in [2.75, 3.05) is 18.0 Å². The molecule has 0 unspecified atom stereocenters. The Balaban J connectivity index is 2.09. The predicted molar refractivity (Wildman–Crippen MR) is 163 cm³/mol. The molecule has 1 N–H and O–H groups in total. The van der Waals surface area contributed by atoms with Crippen LogP contribution in [0.1, 0.15) is 39.7 Å². The molecule has 0 aliphatic rings. The van der Waals surface area contributed by atoms with E-state index in [0.29, 0.717) is 21.4 Å². The van der Waals surface area contributed by atoms with E-state index in [1.165, 1.54) is 24.1 Å². The van der Waals surface area contributed by atoms with Crippen molar-refractivity contribution in [2.24, 2.45) is 0 Å². The molecule has 2 amide bonds. The molecular weight excluding hydrogens is 585 g/mol. The molecule has 3 rings (SSSR count). The molecule has 1 atom stereocenters. The quantitative estimate of drug-likeness (QED) is 0.287. The highest BCUT2D eigenvalue weighted by Gasteiger charge is 2.34. The number of hydrogen-bond acceptors (Lipinski definition) is 5. The number of benzene rings is 3. The van der Waals surface area contributed by atoms with Gasteiger partial charge in [-0.25, -0.2) is 8.42 Å². The van der Waals surface area contributed by atoms with E-state index in [2.05, 4.69) is 5.32 Å². The number of nitrogens with zero attached hydrogens (tertiary/aromatic N) is 2. The van der Waals surface area contributed by atoms with Crippen LogP contribution in [0, 0.1) is 0 Å². The molecule has 3 aromatic rings. The lowest BCUT2D eigenvalue weighted by molar-refractivity contribution is -0.141. The van der Waals surface area contributed by atoms with Gasteiger partial charge in [0.25, 0.3) is 10.0 Å². The number of halogens is 2. The number of amides is 2. The molecule has 0 aliphatic carbocycles. The van der Waals surface area contributed by atoms with Gasteiger partial charge in [-0.3, -0.25) is 13.9 Å². The van der Waals surface area contributed by atoms with Gasteiger partial charge in [-0.1, -0.05) is 54.4 Å². The smallest absolute Gasteiger partial charge is 0.264 e. The van der Waals surface area contributed by atoms with Crippen LogP contribution in [0.3, 0.4) is 0 Å². The standard InChI is InChI=1S/C30H35Cl2N3O5S/c1-6-27(29(37)33-30(2,3)4)34(19-21-12-13-22(31)18-26(21)32)28(36)20-35(23-14-16-24(40-5)17-15-23)41(38,39)25-10-8-7-9-11-25/h7-18,27H,6,19-20H2,1-5H3,(H,33,37)/t27-/m0/s1. The zero-order valence-electron chi connectivity index (χ0n) is 23.7. The van der Waals surface area contributed by atoms with Crippen LogP contribution >= 0.6 is 23.2 Å². The van der Waals surface area contributed by atoms with Gasteiger partial charge in [0.05, 0.1) is 17.7 Å². The maximum absolute atomic E-state index is 14.1. The number of carbonyl (C=O) groups is 2. The van der Waals surface area contributed by atoms with Crippen LogP contribution in [0.4, 0.5) is 5.69 Å². The van der Waals surface area contributed by atoms with Crippen LogP contribution in [-0.4, -0.2) is 50.4 Å². The lowest BCUT2D eigenvalue weighted by Crippen LogP contribution is -2.55. The van der Waals surface area contributed by atoms with Crippen LogP contribution in [-0.2, 0) is 26.2 Å². The monoisotopic (exact) mass is 619 g/mol. The highest BCUT2D eigenvalue weighted by molar-refractivity contribution is 7.92. The predicted octanol–water partition coefficient (Wildman–Crippen LogP) is 5.92. The fourth-order valence-corrected chi connectivity index (χ4v) is 6.11. The second-order valence-electron chi connectivity index (χ2n) is 10.4. The van der Waals surface area contributed by atoms with E-state index in [1.54, 1.807) is 67.6 Å². The van der Waals surface area contributed by atoms with E-state index in [4.69, 9.17) is 27.9 Å². The van der Waals surface area contributed by atoms with Crippen LogP contribution in [0.25, 0.3) is 0 Å². The van der Waals surface area contributed by atoms with E-state index < -0.39 is 34.1 Å². The van der Waals surface area contributed by atoms with Gasteiger partial charge in [0, 0.05) is 22.1 Å². The normalized spacial score (nSPS) is 12.4. The maximum atomic E-state index is 14.1. The van der Waals surface area contributed by atoms with Gasteiger partial charge >= 0.3 is 0 Å². The minimum absolute atomic E-state index is 0.0217. The molecule has 0 bridgehead atoms. The molecule has 0 fully saturated rings. The van der Waals surface area contributed by atoms with Crippen molar-refractivity contribution >= 4 is 50.7 Å². The Morgan fingerprint density at radius 2 is 1.61 bits per heavy atom. The second kappa shape index (κ2) is 13.6. The molecule has 0 saturated carbocycles. The maximum Gasteiger partial charge on any atom is 0.264 e. The molecular formula is C30H35Cl2N3O5S. The lowest BCUT2D eigenvalue weighted by Gasteiger charge is -2.35. The first-order valence-corrected chi connectivity index (χ1v) is 15.2. The summed E-state index contributed by atoms with van der Waals surface area (Å²) in [6.45, 7) is 6.73. The number of methoxy groups -OCH3 is 1. The van der Waals surface area contributed by atoms with Gasteiger partial charge in [0.15, 0.2) is 0 Å². The van der Waals surface area contributed by atoms with Crippen molar-refractivity contribution in [3.63, 3.8) is 0 Å². The van der Waals surface area contributed by atoms with Crippen molar-refractivity contribution in [3.8, 4) is 5.75 Å². The number of sulfonamides is 1. The number of anilines is 1. The molecule has 0 radical (unpaired) electrons. The Bertz CT molecular complexity index is 1460. The van der Waals surface area contributed by atoms with Crippen molar-refractivity contribution in [1.82, 2.24) is 10.2 Å². The minimum Gasteiger partial charge on any atom is -0.497 e. The molecule has 0 spiro atoms. The Morgan fingerprint density at radius 3 is 2.15 bits per heavy atom. The Hall–Kier alpha value is -3.27. The first-order valence-electron chi connectivity index (χ1n) is 13.0. The van der Waals surface area contributed by atoms with Gasteiger partial charge in [-0.2, -0.15) is 0 Å². The average molecular weight is 621 g/mol. The third kappa shape index (κ3) is 8.38. The zero-order valence-corrected chi connectivity index (χ0v) is 26.1. The topological polar surface area (TPSA) is 96.0 Å². The highest BCUT2D eigenvalue weighted by Crippen LogP contribution is 2.28. The number of hydrogen-bond donors (Lipinski definition) is 1. The van der Waals surface area contributed by atoms with Crippen molar-refractivity contribution in [1.29, 1.82) is 0 Å². The minimum atomic E-state index is -4.17. The summed E-state index contributed by atoms with van der Waals surface area (Å²) in [6.07, 6.45) is 0.285. The van der Waals surface area contributed by atoms with Crippen LogP contribution in [0.15, 0.2) is 77.7 Å². The molecule has 0 aromatic heterocycles. The third-order valence-electron chi connectivity index (χ3n) is 6.21. The van der Waals surface area contributed by atoms with Crippen molar-refractivity contribution in [2.45, 2.75) is 57.1 Å². The summed E-state index contributed by atoms with van der Waals surface area (Å²) in [7, 11) is -2.67. The Labute approximate surface area is 252 Å². The number of carbonyl (C=O) groups excluding carboxylic acids is 2. The van der Waals surface area contributed by atoms with Crippen molar-refractivity contribution in [3.05, 3.63) is 88.4 Å². The van der Waals surface area contributed by atoms with E-state index >= 15 is 0 Å². The summed E-state index contributed by atoms with van der Waals surface area (Å²) in [5.74, 6) is -0.413. The Morgan fingerprint density at radius 1 is 0.976 bits per heavy atom.